The Hall–Kier alpha value is -4.58. The number of rotatable bonds is 14. The molecule has 504 valence electrons. The number of fused-ring (bicyclic) bond motifs is 11. The first-order chi connectivity index (χ1) is 40.8. The molecule has 0 radical (unpaired) electrons. The lowest BCUT2D eigenvalue weighted by molar-refractivity contribution is -0.405. The van der Waals surface area contributed by atoms with Gasteiger partial charge in [0, 0.05) is 17.8 Å². The molecule has 3 saturated heterocycles. The van der Waals surface area contributed by atoms with Crippen LogP contribution in [0.3, 0.4) is 0 Å². The Kier molecular flexibility index (Phi) is 20.5. The summed E-state index contributed by atoms with van der Waals surface area (Å²) < 4.78 is 187. The van der Waals surface area contributed by atoms with Crippen molar-refractivity contribution in [3.05, 3.63) is 42.0 Å². The van der Waals surface area contributed by atoms with Gasteiger partial charge in [-0.1, -0.05) is 65.8 Å². The number of phenolic OH excluding ortho intramolecular Hbond substituents is 1. The summed E-state index contributed by atoms with van der Waals surface area (Å²) in [7, 11) is 0. The van der Waals surface area contributed by atoms with Crippen LogP contribution in [0.4, 0.5) is 52.7 Å². The molecule has 0 aromatic heterocycles. The zero-order valence-electron chi connectivity index (χ0n) is 52.6. The minimum atomic E-state index is -6.58. The normalized spacial score (nSPS) is 31.8. The van der Waals surface area contributed by atoms with Crippen molar-refractivity contribution in [2.24, 2.45) is 69.5 Å². The van der Waals surface area contributed by atoms with Crippen LogP contribution in [0.15, 0.2) is 36.4 Å². The quantitative estimate of drug-likeness (QED) is 0.0708. The van der Waals surface area contributed by atoms with E-state index < -0.39 is 102 Å². The summed E-state index contributed by atoms with van der Waals surface area (Å²) in [4.78, 5) is 48.6. The van der Waals surface area contributed by atoms with Crippen molar-refractivity contribution in [2.75, 3.05) is 0 Å². The number of aromatic hydroxyl groups is 1. The summed E-state index contributed by atoms with van der Waals surface area (Å²) in [5, 5.41) is 30.9. The first-order valence-electron chi connectivity index (χ1n) is 31.3. The third kappa shape index (κ3) is 13.5. The number of aliphatic hydroxyl groups is 2. The molecule has 5 aliphatic carbocycles. The Balaban J connectivity index is 0.000000177. The monoisotopic (exact) mass is 1290 g/mol. The van der Waals surface area contributed by atoms with Crippen LogP contribution >= 0.6 is 0 Å². The van der Waals surface area contributed by atoms with Crippen molar-refractivity contribution >= 4 is 34.6 Å². The molecule has 24 heteroatoms. The van der Waals surface area contributed by atoms with Gasteiger partial charge in [-0.3, -0.25) is 19.2 Å². The van der Waals surface area contributed by atoms with Gasteiger partial charge in [-0.05, 0) is 195 Å². The molecule has 3 N–H and O–H groups in total. The van der Waals surface area contributed by atoms with Crippen LogP contribution in [0.2, 0.25) is 0 Å². The predicted octanol–water partition coefficient (Wildman–Crippen LogP) is 15.4. The van der Waals surface area contributed by atoms with Gasteiger partial charge in [0.2, 0.25) is 0 Å². The second kappa shape index (κ2) is 25.4. The average molecular weight is 1290 g/mol. The highest BCUT2D eigenvalue weighted by atomic mass is 19.4. The maximum atomic E-state index is 13.3. The van der Waals surface area contributed by atoms with E-state index in [1.807, 2.05) is 40.7 Å². The minimum Gasteiger partial charge on any atom is -0.508 e. The van der Waals surface area contributed by atoms with Crippen LogP contribution in [-0.2, 0) is 42.9 Å². The molecule has 15 unspecified atom stereocenters. The highest BCUT2D eigenvalue weighted by molar-refractivity contribution is 5.84. The number of ether oxygens (including phenoxy) is 5. The maximum Gasteiger partial charge on any atom is 0.426 e. The molecule has 0 spiro atoms. The van der Waals surface area contributed by atoms with Crippen molar-refractivity contribution in [1.29, 1.82) is 0 Å². The van der Waals surface area contributed by atoms with Gasteiger partial charge in [-0.2, -0.15) is 52.7 Å². The number of alkyl halides is 12. The lowest BCUT2D eigenvalue weighted by Crippen LogP contribution is -2.67. The van der Waals surface area contributed by atoms with Crippen LogP contribution in [0, 0.1) is 69.5 Å². The number of benzene rings is 2. The van der Waals surface area contributed by atoms with Crippen LogP contribution in [0.25, 0.3) is 10.8 Å². The van der Waals surface area contributed by atoms with Crippen molar-refractivity contribution in [1.82, 2.24) is 0 Å². The van der Waals surface area contributed by atoms with Crippen LogP contribution in [0.1, 0.15) is 184 Å². The molecule has 2 aromatic carbocycles. The van der Waals surface area contributed by atoms with Crippen molar-refractivity contribution in [2.45, 2.75) is 251 Å². The summed E-state index contributed by atoms with van der Waals surface area (Å²) >= 11 is 0. The average Bonchev–Trinajstić information content (AvgIpc) is 2.08. The number of carbonyl (C=O) groups excluding carboxylic acids is 4. The van der Waals surface area contributed by atoms with Gasteiger partial charge in [0.05, 0.1) is 28.3 Å². The molecular formula is C65H88F12O12. The van der Waals surface area contributed by atoms with Gasteiger partial charge >= 0.3 is 48.6 Å². The van der Waals surface area contributed by atoms with Crippen LogP contribution in [0.5, 0.6) is 5.75 Å². The molecule has 5 saturated carbocycles. The Labute approximate surface area is 512 Å². The lowest BCUT2D eigenvalue weighted by atomic mass is 9.65. The number of carbonyl (C=O) groups is 4. The molecule has 12 nitrogen and oxygen atoms in total. The Morgan fingerprint density at radius 3 is 1.58 bits per heavy atom. The van der Waals surface area contributed by atoms with E-state index in [0.29, 0.717) is 30.4 Å². The third-order valence-electron chi connectivity index (χ3n) is 22.0. The molecule has 3 heterocycles. The zero-order valence-corrected chi connectivity index (χ0v) is 52.6. The van der Waals surface area contributed by atoms with Crippen molar-refractivity contribution < 1.29 is 111 Å². The first kappa shape index (κ1) is 71.9. The molecular weight excluding hydrogens is 1200 g/mol. The molecule has 8 fully saturated rings. The minimum absolute atomic E-state index is 0.0184. The Morgan fingerprint density at radius 1 is 0.607 bits per heavy atom. The smallest absolute Gasteiger partial charge is 0.426 e. The van der Waals surface area contributed by atoms with Gasteiger partial charge in [0.1, 0.15) is 23.6 Å². The van der Waals surface area contributed by atoms with Crippen molar-refractivity contribution in [3.8, 4) is 5.75 Å². The van der Waals surface area contributed by atoms with Gasteiger partial charge in [0.25, 0.3) is 11.2 Å². The van der Waals surface area contributed by atoms with Crippen LogP contribution in [-0.4, -0.2) is 111 Å². The summed E-state index contributed by atoms with van der Waals surface area (Å²) in [5.41, 5.74) is -12.5. The van der Waals surface area contributed by atoms with Gasteiger partial charge in [0.15, 0.2) is 12.2 Å². The summed E-state index contributed by atoms with van der Waals surface area (Å²) in [6, 6.07) is 11.9. The topological polar surface area (TPSA) is 175 Å². The Bertz CT molecular complexity index is 2790. The second-order valence-electron chi connectivity index (χ2n) is 28.3. The Morgan fingerprint density at radius 2 is 1.09 bits per heavy atom. The van der Waals surface area contributed by atoms with Crippen molar-refractivity contribution in [3.63, 3.8) is 0 Å². The molecule has 89 heavy (non-hydrogen) atoms. The van der Waals surface area contributed by atoms with E-state index in [1.165, 1.54) is 57.4 Å². The van der Waals surface area contributed by atoms with Gasteiger partial charge in [-0.15, -0.1) is 0 Å². The zero-order chi connectivity index (χ0) is 67.0. The predicted molar refractivity (Wildman–Crippen MR) is 301 cm³/mol. The largest absolute Gasteiger partial charge is 0.508 e. The third-order valence-corrected chi connectivity index (χ3v) is 22.0. The highest BCUT2D eigenvalue weighted by Crippen LogP contribution is 2.71. The number of hydrogen-bond acceptors (Lipinski definition) is 12. The maximum absolute atomic E-state index is 13.3. The van der Waals surface area contributed by atoms with E-state index in [2.05, 4.69) is 45.9 Å². The number of phenols is 1. The van der Waals surface area contributed by atoms with E-state index in [9.17, 15) is 87.2 Å². The molecule has 0 amide bonds. The van der Waals surface area contributed by atoms with Gasteiger partial charge < -0.3 is 39.0 Å². The van der Waals surface area contributed by atoms with E-state index in [0.717, 1.165) is 60.7 Å². The van der Waals surface area contributed by atoms with Gasteiger partial charge in [-0.25, -0.2) is 0 Å². The highest BCUT2D eigenvalue weighted by Gasteiger charge is 2.79. The van der Waals surface area contributed by atoms with E-state index >= 15 is 0 Å². The second-order valence-corrected chi connectivity index (χ2v) is 28.3. The van der Waals surface area contributed by atoms with E-state index in [-0.39, 0.29) is 53.5 Å². The lowest BCUT2D eigenvalue weighted by Gasteiger charge is -2.48. The van der Waals surface area contributed by atoms with E-state index in [1.54, 1.807) is 12.1 Å². The standard InChI is InChI=1S/C20H32O2.C18H22F12O4.C14H16O.C13H18O5/c1-5-19(3,4)18(21)22-20(6-2)11-14-10-15(20)17-13-8-7-12(9-13)16(14)17;1-4-12(2,3)11(31)34-10-6-8(13(32,15(19,20)21)16(22,23)24)5-9(7-10)14(33,17(25,26)27)18(28,29)30;1-3-10(2)11-4-5-13-9-14(15)7-6-12(13)8-11;1-4-13(2,3)12(15)18-9-7-5-6-8(16-7)10(9)17-11(6)14/h12-17H,5-11H2,1-4H3;8-10,32-33H,4-7H2,1-3H3;4-10,15H,3H2,1-2H3;6-10H,4-5H2,1-3H3. The fourth-order valence-corrected chi connectivity index (χ4v) is 15.1. The number of hydrogen-bond donors (Lipinski definition) is 3. The first-order valence-corrected chi connectivity index (χ1v) is 31.3. The number of esters is 4. The summed E-state index contributed by atoms with van der Waals surface area (Å²) in [6.45, 7) is 22.3. The fraction of sp³-hybridized carbons (Fsp3) is 0.785. The molecule has 3 aliphatic heterocycles. The molecule has 15 atom stereocenters. The SMILES string of the molecule is CCC(C)(C)C(=O)OC1(CC)CC2CC1C1C3CCC(C3)C21.CCC(C)(C)C(=O)OC1C2CC3C(=O)OC1C3O2.CCC(C)(C)C(=O)OC1CC(C(O)(C(F)(F)F)C(F)(F)F)CC(C(O)(C(F)(F)F)C(F)(F)F)C1.CCC(C)c1ccc2cc(O)ccc2c1. The fourth-order valence-electron chi connectivity index (χ4n) is 15.1. The van der Waals surface area contributed by atoms with Crippen LogP contribution < -0.4 is 0 Å². The molecule has 10 rings (SSSR count). The molecule has 8 aliphatic rings. The summed E-state index contributed by atoms with van der Waals surface area (Å²) in [6.07, 6.45) is -23.9. The summed E-state index contributed by atoms with van der Waals surface area (Å²) in [5.74, 6) is -2.32. The number of halogens is 12. The van der Waals surface area contributed by atoms with E-state index in [4.69, 9.17) is 23.7 Å². The molecule has 6 bridgehead atoms. The molecule has 2 aromatic rings.